The summed E-state index contributed by atoms with van der Waals surface area (Å²) in [6.07, 6.45) is -2.60. The largest absolute Gasteiger partial charge is 0.281 e. The topological polar surface area (TPSA) is 12.9 Å². The van der Waals surface area contributed by atoms with Gasteiger partial charge in [0.15, 0.2) is 0 Å². The molecule has 1 rings (SSSR count). The van der Waals surface area contributed by atoms with E-state index in [0.29, 0.717) is 9.13 Å². The first-order valence-electron chi connectivity index (χ1n) is 3.25. The lowest BCUT2D eigenvalue weighted by molar-refractivity contribution is 0.145. The lowest BCUT2D eigenvalue weighted by Crippen LogP contribution is -1.97. The molecule has 1 aromatic rings. The first-order valence-corrected chi connectivity index (χ1v) is 5.24. The summed E-state index contributed by atoms with van der Waals surface area (Å²) in [6, 6.07) is 1.52. The molecule has 0 aliphatic carbocycles. The summed E-state index contributed by atoms with van der Waals surface area (Å²) in [5.41, 5.74) is 0.275. The van der Waals surface area contributed by atoms with Crippen molar-refractivity contribution in [2.45, 2.75) is 12.3 Å². The second-order valence-electron chi connectivity index (χ2n) is 2.24. The van der Waals surface area contributed by atoms with Crippen molar-refractivity contribution < 1.29 is 8.78 Å². The van der Waals surface area contributed by atoms with E-state index in [-0.39, 0.29) is 16.7 Å². The van der Waals surface area contributed by atoms with E-state index in [0.717, 1.165) is 0 Å². The van der Waals surface area contributed by atoms with Gasteiger partial charge in [0.2, 0.25) is 0 Å². The second-order valence-corrected chi connectivity index (χ2v) is 4.03. The lowest BCUT2D eigenvalue weighted by atomic mass is 10.3. The van der Waals surface area contributed by atoms with Crippen LogP contribution in [0.25, 0.3) is 0 Å². The first-order chi connectivity index (χ1) is 6.06. The van der Waals surface area contributed by atoms with Crippen LogP contribution < -0.4 is 0 Å². The SMILES string of the molecule is FC(F)c1nc(Cl)c(CCl)cc1I. The molecule has 0 fully saturated rings. The normalized spacial score (nSPS) is 10.9. The zero-order valence-corrected chi connectivity index (χ0v) is 9.87. The van der Waals surface area contributed by atoms with Gasteiger partial charge in [-0.2, -0.15) is 0 Å². The zero-order chi connectivity index (χ0) is 10.0. The average molecular weight is 338 g/mol. The molecule has 1 aromatic heterocycles. The standard InChI is InChI=1S/C7H4Cl2F2IN/c8-2-3-1-4(12)5(7(10)11)13-6(3)9/h1,7H,2H2. The number of pyridine rings is 1. The van der Waals surface area contributed by atoms with Crippen LogP contribution in [-0.4, -0.2) is 4.98 Å². The van der Waals surface area contributed by atoms with Gasteiger partial charge in [0.1, 0.15) is 10.8 Å². The lowest BCUT2D eigenvalue weighted by Gasteiger charge is -2.05. The van der Waals surface area contributed by atoms with Crippen LogP contribution in [0.15, 0.2) is 6.07 Å². The first kappa shape index (κ1) is 11.4. The predicted octanol–water partition coefficient (Wildman–Crippen LogP) is 4.02. The van der Waals surface area contributed by atoms with Crippen LogP contribution in [0.4, 0.5) is 8.78 Å². The maximum absolute atomic E-state index is 12.3. The molecule has 0 N–H and O–H groups in total. The minimum absolute atomic E-state index is 0.0470. The monoisotopic (exact) mass is 337 g/mol. The van der Waals surface area contributed by atoms with Crippen LogP contribution in [0.3, 0.4) is 0 Å². The Morgan fingerprint density at radius 1 is 1.54 bits per heavy atom. The quantitative estimate of drug-likeness (QED) is 0.451. The van der Waals surface area contributed by atoms with Crippen LogP contribution >= 0.6 is 45.8 Å². The summed E-state index contributed by atoms with van der Waals surface area (Å²) in [5, 5.41) is 0.0470. The van der Waals surface area contributed by atoms with Gasteiger partial charge >= 0.3 is 0 Å². The van der Waals surface area contributed by atoms with E-state index < -0.39 is 6.43 Å². The van der Waals surface area contributed by atoms with Crippen LogP contribution in [0.1, 0.15) is 17.7 Å². The van der Waals surface area contributed by atoms with E-state index in [1.807, 2.05) is 0 Å². The van der Waals surface area contributed by atoms with Gasteiger partial charge in [-0.05, 0) is 28.7 Å². The number of halogens is 5. The Bertz CT molecular complexity index is 320. The van der Waals surface area contributed by atoms with Crippen LogP contribution in [-0.2, 0) is 5.88 Å². The fourth-order valence-corrected chi connectivity index (χ4v) is 1.98. The highest BCUT2D eigenvalue weighted by atomic mass is 127. The van der Waals surface area contributed by atoms with Crippen molar-refractivity contribution >= 4 is 45.8 Å². The van der Waals surface area contributed by atoms with Crippen molar-refractivity contribution in [1.29, 1.82) is 0 Å². The highest BCUT2D eigenvalue weighted by molar-refractivity contribution is 14.1. The van der Waals surface area contributed by atoms with Crippen LogP contribution in [0.5, 0.6) is 0 Å². The summed E-state index contributed by atoms with van der Waals surface area (Å²) < 4.78 is 25.0. The third kappa shape index (κ3) is 2.63. The molecular formula is C7H4Cl2F2IN. The molecule has 13 heavy (non-hydrogen) atoms. The predicted molar refractivity (Wildman–Crippen MR) is 56.5 cm³/mol. The molecular weight excluding hydrogens is 334 g/mol. The van der Waals surface area contributed by atoms with E-state index in [1.165, 1.54) is 6.07 Å². The molecule has 0 bridgehead atoms. The maximum atomic E-state index is 12.3. The molecule has 0 saturated carbocycles. The Kier molecular flexibility index (Phi) is 4.12. The van der Waals surface area contributed by atoms with Crippen molar-refractivity contribution in [2.75, 3.05) is 0 Å². The van der Waals surface area contributed by atoms with Crippen LogP contribution in [0.2, 0.25) is 5.15 Å². The van der Waals surface area contributed by atoms with Gasteiger partial charge < -0.3 is 0 Å². The molecule has 0 aromatic carbocycles. The van der Waals surface area contributed by atoms with Gasteiger partial charge in [-0.3, -0.25) is 0 Å². The number of aromatic nitrogens is 1. The fraction of sp³-hybridized carbons (Fsp3) is 0.286. The molecule has 0 saturated heterocycles. The van der Waals surface area contributed by atoms with Crippen molar-refractivity contribution in [3.05, 3.63) is 26.0 Å². The number of hydrogen-bond acceptors (Lipinski definition) is 1. The Balaban J connectivity index is 3.20. The summed E-state index contributed by atoms with van der Waals surface area (Å²) in [5.74, 6) is 0.172. The highest BCUT2D eigenvalue weighted by Crippen LogP contribution is 2.27. The van der Waals surface area contributed by atoms with Gasteiger partial charge in [0, 0.05) is 9.13 Å². The number of alkyl halides is 3. The second kappa shape index (κ2) is 4.70. The average Bonchev–Trinajstić information content (AvgIpc) is 2.07. The minimum atomic E-state index is -2.60. The van der Waals surface area contributed by atoms with Gasteiger partial charge in [0.25, 0.3) is 6.43 Å². The molecule has 0 aliphatic rings. The maximum Gasteiger partial charge on any atom is 0.281 e. The van der Waals surface area contributed by atoms with Gasteiger partial charge in [-0.1, -0.05) is 11.6 Å². The number of hydrogen-bond donors (Lipinski definition) is 0. The molecule has 0 atom stereocenters. The molecule has 0 unspecified atom stereocenters. The molecule has 0 aliphatic heterocycles. The van der Waals surface area contributed by atoms with Gasteiger partial charge in [-0.25, -0.2) is 13.8 Å². The Hall–Kier alpha value is 0.320. The van der Waals surface area contributed by atoms with E-state index in [4.69, 9.17) is 23.2 Å². The smallest absolute Gasteiger partial charge is 0.234 e. The summed E-state index contributed by atoms with van der Waals surface area (Å²) in [4.78, 5) is 3.57. The summed E-state index contributed by atoms with van der Waals surface area (Å²) in [6.45, 7) is 0. The molecule has 72 valence electrons. The zero-order valence-electron chi connectivity index (χ0n) is 6.20. The Labute approximate surface area is 97.6 Å². The highest BCUT2D eigenvalue weighted by Gasteiger charge is 2.15. The van der Waals surface area contributed by atoms with Gasteiger partial charge in [0.05, 0.1) is 5.88 Å². The van der Waals surface area contributed by atoms with Crippen LogP contribution in [0, 0.1) is 3.57 Å². The summed E-state index contributed by atoms with van der Waals surface area (Å²) >= 11 is 12.9. The summed E-state index contributed by atoms with van der Waals surface area (Å²) in [7, 11) is 0. The number of nitrogens with zero attached hydrogens (tertiary/aromatic N) is 1. The molecule has 6 heteroatoms. The number of rotatable bonds is 2. The van der Waals surface area contributed by atoms with Crippen molar-refractivity contribution in [3.63, 3.8) is 0 Å². The molecule has 0 radical (unpaired) electrons. The molecule has 1 heterocycles. The molecule has 0 amide bonds. The Morgan fingerprint density at radius 2 is 2.15 bits per heavy atom. The van der Waals surface area contributed by atoms with E-state index in [9.17, 15) is 8.78 Å². The fourth-order valence-electron chi connectivity index (χ4n) is 0.764. The minimum Gasteiger partial charge on any atom is -0.234 e. The molecule has 1 nitrogen and oxygen atoms in total. The van der Waals surface area contributed by atoms with Gasteiger partial charge in [-0.15, -0.1) is 11.6 Å². The van der Waals surface area contributed by atoms with E-state index >= 15 is 0 Å². The Morgan fingerprint density at radius 3 is 2.62 bits per heavy atom. The van der Waals surface area contributed by atoms with Crippen molar-refractivity contribution in [3.8, 4) is 0 Å². The third-order valence-electron chi connectivity index (χ3n) is 1.38. The van der Waals surface area contributed by atoms with Crippen molar-refractivity contribution in [2.24, 2.45) is 0 Å². The van der Waals surface area contributed by atoms with E-state index in [2.05, 4.69) is 4.98 Å². The van der Waals surface area contributed by atoms with Crippen molar-refractivity contribution in [1.82, 2.24) is 4.98 Å². The van der Waals surface area contributed by atoms with E-state index in [1.54, 1.807) is 22.6 Å². The molecule has 0 spiro atoms. The third-order valence-corrected chi connectivity index (χ3v) is 2.86.